The van der Waals surface area contributed by atoms with Crippen LogP contribution in [0, 0.1) is 3.57 Å². The number of carbonyl (C=O) groups excluding carboxylic acids is 1. The molecule has 1 rings (SSSR count). The fourth-order valence-electron chi connectivity index (χ4n) is 1.54. The summed E-state index contributed by atoms with van der Waals surface area (Å²) in [6, 6.07) is 7.31. The van der Waals surface area contributed by atoms with Crippen LogP contribution in [0.15, 0.2) is 24.3 Å². The lowest BCUT2D eigenvalue weighted by molar-refractivity contribution is 0.0456. The summed E-state index contributed by atoms with van der Waals surface area (Å²) in [5, 5.41) is 8.83. The first-order chi connectivity index (χ1) is 8.67. The van der Waals surface area contributed by atoms with E-state index in [4.69, 9.17) is 9.84 Å². The molecule has 5 heteroatoms. The molecule has 0 radical (unpaired) electrons. The largest absolute Gasteiger partial charge is 0.461 e. The average Bonchev–Trinajstić information content (AvgIpc) is 2.37. The van der Waals surface area contributed by atoms with Crippen molar-refractivity contribution in [2.45, 2.75) is 6.92 Å². The maximum absolute atomic E-state index is 11.7. The quantitative estimate of drug-likeness (QED) is 0.593. The molecule has 0 aliphatic rings. The predicted octanol–water partition coefficient (Wildman–Crippen LogP) is 1.76. The Hall–Kier alpha value is -0.660. The van der Waals surface area contributed by atoms with Gasteiger partial charge in [0, 0.05) is 16.7 Å². The van der Waals surface area contributed by atoms with Crippen LogP contribution in [0.2, 0.25) is 0 Å². The number of halogens is 1. The zero-order valence-corrected chi connectivity index (χ0v) is 12.6. The number of likely N-dealkylation sites (N-methyl/N-ethyl adjacent to an activating group) is 1. The van der Waals surface area contributed by atoms with Crippen molar-refractivity contribution in [3.63, 3.8) is 0 Å². The standard InChI is InChI=1S/C13H18INO3/c1-2-15(6-8-16)7-9-18-13(17)11-4-3-5-12(14)10-11/h3-5,10,16H,2,6-9H2,1H3. The van der Waals surface area contributed by atoms with Crippen molar-refractivity contribution in [3.05, 3.63) is 33.4 Å². The molecule has 0 fully saturated rings. The minimum Gasteiger partial charge on any atom is -0.461 e. The van der Waals surface area contributed by atoms with Gasteiger partial charge in [-0.3, -0.25) is 4.90 Å². The zero-order valence-electron chi connectivity index (χ0n) is 10.4. The Kier molecular flexibility index (Phi) is 7.22. The molecule has 0 atom stereocenters. The normalized spacial score (nSPS) is 10.7. The smallest absolute Gasteiger partial charge is 0.338 e. The van der Waals surface area contributed by atoms with Crippen molar-refractivity contribution in [3.8, 4) is 0 Å². The van der Waals surface area contributed by atoms with Crippen LogP contribution < -0.4 is 0 Å². The number of hydrogen-bond donors (Lipinski definition) is 1. The molecule has 0 unspecified atom stereocenters. The van der Waals surface area contributed by atoms with Gasteiger partial charge in [0.2, 0.25) is 0 Å². The fraction of sp³-hybridized carbons (Fsp3) is 0.462. The second-order valence-corrected chi connectivity index (χ2v) is 5.05. The van der Waals surface area contributed by atoms with Crippen molar-refractivity contribution in [2.75, 3.05) is 32.8 Å². The van der Waals surface area contributed by atoms with Crippen molar-refractivity contribution < 1.29 is 14.6 Å². The minimum atomic E-state index is -0.298. The molecule has 1 aromatic rings. The van der Waals surface area contributed by atoms with Gasteiger partial charge in [0.25, 0.3) is 0 Å². The van der Waals surface area contributed by atoms with Gasteiger partial charge in [0.15, 0.2) is 0 Å². The van der Waals surface area contributed by atoms with E-state index < -0.39 is 0 Å². The zero-order chi connectivity index (χ0) is 13.4. The average molecular weight is 363 g/mol. The molecule has 0 saturated carbocycles. The van der Waals surface area contributed by atoms with Gasteiger partial charge < -0.3 is 9.84 Å². The summed E-state index contributed by atoms with van der Waals surface area (Å²) in [5.41, 5.74) is 0.576. The third kappa shape index (κ3) is 5.32. The summed E-state index contributed by atoms with van der Waals surface area (Å²) >= 11 is 2.16. The van der Waals surface area contributed by atoms with Gasteiger partial charge in [-0.25, -0.2) is 4.79 Å². The first kappa shape index (κ1) is 15.4. The van der Waals surface area contributed by atoms with E-state index in [-0.39, 0.29) is 12.6 Å². The van der Waals surface area contributed by atoms with E-state index in [1.54, 1.807) is 12.1 Å². The van der Waals surface area contributed by atoms with E-state index in [0.717, 1.165) is 10.1 Å². The van der Waals surface area contributed by atoms with E-state index in [9.17, 15) is 4.79 Å². The summed E-state index contributed by atoms with van der Waals surface area (Å²) in [7, 11) is 0. The van der Waals surface area contributed by atoms with Gasteiger partial charge in [-0.2, -0.15) is 0 Å². The van der Waals surface area contributed by atoms with Gasteiger partial charge in [0.1, 0.15) is 6.61 Å². The van der Waals surface area contributed by atoms with E-state index in [0.29, 0.717) is 25.3 Å². The molecule has 0 bridgehead atoms. The molecule has 0 spiro atoms. The first-order valence-electron chi connectivity index (χ1n) is 5.93. The molecule has 0 saturated heterocycles. The SMILES string of the molecule is CCN(CCO)CCOC(=O)c1cccc(I)c1. The molecule has 1 aromatic carbocycles. The van der Waals surface area contributed by atoms with E-state index in [1.165, 1.54) is 0 Å². The van der Waals surface area contributed by atoms with Crippen LogP contribution in [0.4, 0.5) is 0 Å². The molecule has 0 amide bonds. The molecule has 0 aliphatic heterocycles. The molecular formula is C13H18INO3. The van der Waals surface area contributed by atoms with Crippen molar-refractivity contribution in [1.82, 2.24) is 4.90 Å². The van der Waals surface area contributed by atoms with Crippen molar-refractivity contribution in [1.29, 1.82) is 0 Å². The highest BCUT2D eigenvalue weighted by atomic mass is 127. The summed E-state index contributed by atoms with van der Waals surface area (Å²) < 4.78 is 6.21. The third-order valence-corrected chi connectivity index (χ3v) is 3.24. The Morgan fingerprint density at radius 1 is 1.44 bits per heavy atom. The molecule has 1 N–H and O–H groups in total. The van der Waals surface area contributed by atoms with Crippen molar-refractivity contribution >= 4 is 28.6 Å². The number of esters is 1. The molecular weight excluding hydrogens is 345 g/mol. The second kappa shape index (κ2) is 8.44. The number of aliphatic hydroxyl groups is 1. The van der Waals surface area contributed by atoms with Crippen LogP contribution in [-0.2, 0) is 4.74 Å². The Bertz CT molecular complexity index is 384. The number of ether oxygens (including phenoxy) is 1. The third-order valence-electron chi connectivity index (χ3n) is 2.56. The van der Waals surface area contributed by atoms with Crippen LogP contribution in [0.5, 0.6) is 0 Å². The molecule has 100 valence electrons. The summed E-state index contributed by atoms with van der Waals surface area (Å²) in [6.45, 7) is 4.57. The van der Waals surface area contributed by atoms with E-state index in [1.807, 2.05) is 24.0 Å². The molecule has 0 aliphatic carbocycles. The van der Waals surface area contributed by atoms with Gasteiger partial charge in [-0.15, -0.1) is 0 Å². The topological polar surface area (TPSA) is 49.8 Å². The maximum Gasteiger partial charge on any atom is 0.338 e. The monoisotopic (exact) mass is 363 g/mol. The lowest BCUT2D eigenvalue weighted by atomic mass is 10.2. The van der Waals surface area contributed by atoms with Crippen LogP contribution in [0.3, 0.4) is 0 Å². The molecule has 18 heavy (non-hydrogen) atoms. The minimum absolute atomic E-state index is 0.124. The Labute approximate surface area is 121 Å². The second-order valence-electron chi connectivity index (χ2n) is 3.80. The number of hydrogen-bond acceptors (Lipinski definition) is 4. The molecule has 0 heterocycles. The summed E-state index contributed by atoms with van der Waals surface area (Å²) in [6.07, 6.45) is 0. The summed E-state index contributed by atoms with van der Waals surface area (Å²) in [4.78, 5) is 13.8. The lowest BCUT2D eigenvalue weighted by Crippen LogP contribution is -2.30. The highest BCUT2D eigenvalue weighted by Crippen LogP contribution is 2.08. The Morgan fingerprint density at radius 2 is 2.22 bits per heavy atom. The molecule has 0 aromatic heterocycles. The Balaban J connectivity index is 2.37. The molecule has 4 nitrogen and oxygen atoms in total. The van der Waals surface area contributed by atoms with Gasteiger partial charge in [-0.05, 0) is 47.3 Å². The predicted molar refractivity (Wildman–Crippen MR) is 78.6 cm³/mol. The number of benzene rings is 1. The Morgan fingerprint density at radius 3 is 2.83 bits per heavy atom. The lowest BCUT2D eigenvalue weighted by Gasteiger charge is -2.18. The highest BCUT2D eigenvalue weighted by molar-refractivity contribution is 14.1. The number of rotatable bonds is 7. The highest BCUT2D eigenvalue weighted by Gasteiger charge is 2.08. The van der Waals surface area contributed by atoms with Crippen LogP contribution in [0.25, 0.3) is 0 Å². The van der Waals surface area contributed by atoms with Crippen LogP contribution in [-0.4, -0.2) is 48.8 Å². The summed E-state index contributed by atoms with van der Waals surface area (Å²) in [5.74, 6) is -0.298. The number of nitrogens with zero attached hydrogens (tertiary/aromatic N) is 1. The van der Waals surface area contributed by atoms with Crippen LogP contribution >= 0.6 is 22.6 Å². The van der Waals surface area contributed by atoms with Crippen LogP contribution in [0.1, 0.15) is 17.3 Å². The van der Waals surface area contributed by atoms with E-state index >= 15 is 0 Å². The van der Waals surface area contributed by atoms with Crippen molar-refractivity contribution in [2.24, 2.45) is 0 Å². The van der Waals surface area contributed by atoms with E-state index in [2.05, 4.69) is 22.6 Å². The van der Waals surface area contributed by atoms with Gasteiger partial charge >= 0.3 is 5.97 Å². The van der Waals surface area contributed by atoms with Gasteiger partial charge in [-0.1, -0.05) is 13.0 Å². The number of aliphatic hydroxyl groups excluding tert-OH is 1. The number of carbonyl (C=O) groups is 1. The van der Waals surface area contributed by atoms with Gasteiger partial charge in [0.05, 0.1) is 12.2 Å². The fourth-order valence-corrected chi connectivity index (χ4v) is 2.08. The maximum atomic E-state index is 11.7. The first-order valence-corrected chi connectivity index (χ1v) is 7.01.